The fourth-order valence-corrected chi connectivity index (χ4v) is 4.45. The molecular weight excluding hydrogens is 434 g/mol. The van der Waals surface area contributed by atoms with Crippen molar-refractivity contribution in [1.82, 2.24) is 0 Å². The molecule has 0 bridgehead atoms. The molecule has 0 aliphatic rings. The maximum atomic E-state index is 12.2. The van der Waals surface area contributed by atoms with Gasteiger partial charge < -0.3 is 14.0 Å². The first-order chi connectivity index (χ1) is 16.9. The van der Waals surface area contributed by atoms with Crippen LogP contribution in [-0.4, -0.2) is 37.4 Å². The van der Waals surface area contributed by atoms with Crippen LogP contribution in [0.5, 0.6) is 5.75 Å². The van der Waals surface area contributed by atoms with Gasteiger partial charge in [-0.3, -0.25) is 4.79 Å². The Hall–Kier alpha value is -2.33. The van der Waals surface area contributed by atoms with E-state index in [9.17, 15) is 4.79 Å². The normalized spacial score (nSPS) is 12.3. The fraction of sp³-hybridized carbons (Fsp3) is 0.581. The summed E-state index contributed by atoms with van der Waals surface area (Å²) in [7, 11) is 4.47. The first kappa shape index (κ1) is 28.9. The smallest absolute Gasteiger partial charge is 0.308 e. The second-order valence-corrected chi connectivity index (χ2v) is 10.5. The topological polar surface area (TPSA) is 35.5 Å². The molecule has 194 valence electrons. The van der Waals surface area contributed by atoms with E-state index in [-0.39, 0.29) is 5.97 Å². The number of aryl methyl sites for hydroxylation is 1. The molecule has 2 aromatic carbocycles. The number of ether oxygens (including phenoxy) is 2. The van der Waals surface area contributed by atoms with E-state index in [0.29, 0.717) is 6.42 Å². The van der Waals surface area contributed by atoms with E-state index in [1.807, 2.05) is 18.2 Å². The van der Waals surface area contributed by atoms with E-state index >= 15 is 0 Å². The Kier molecular flexibility index (Phi) is 13.5. The van der Waals surface area contributed by atoms with Gasteiger partial charge >= 0.3 is 5.97 Å². The molecular formula is C31H48NO3+. The van der Waals surface area contributed by atoms with Crippen LogP contribution in [0.2, 0.25) is 0 Å². The van der Waals surface area contributed by atoms with Crippen molar-refractivity contribution in [2.24, 2.45) is 0 Å². The van der Waals surface area contributed by atoms with Gasteiger partial charge in [0.1, 0.15) is 12.3 Å². The van der Waals surface area contributed by atoms with Gasteiger partial charge in [-0.05, 0) is 43.4 Å². The van der Waals surface area contributed by atoms with Crippen molar-refractivity contribution in [1.29, 1.82) is 0 Å². The summed E-state index contributed by atoms with van der Waals surface area (Å²) in [5, 5.41) is 0. The van der Waals surface area contributed by atoms with Crippen LogP contribution >= 0.6 is 0 Å². The van der Waals surface area contributed by atoms with Gasteiger partial charge in [-0.25, -0.2) is 0 Å². The molecule has 0 amide bonds. The highest BCUT2D eigenvalue weighted by Gasteiger charge is 2.16. The Bertz CT molecular complexity index is 817. The highest BCUT2D eigenvalue weighted by atomic mass is 16.7. The number of carbonyl (C=O) groups excluding carboxylic acids is 1. The van der Waals surface area contributed by atoms with E-state index in [4.69, 9.17) is 9.47 Å². The third kappa shape index (κ3) is 13.4. The minimum atomic E-state index is -0.582. The van der Waals surface area contributed by atoms with Gasteiger partial charge in [0.25, 0.3) is 0 Å². The summed E-state index contributed by atoms with van der Waals surface area (Å²) in [5.41, 5.74) is 2.68. The summed E-state index contributed by atoms with van der Waals surface area (Å²) in [6.07, 6.45) is 12.1. The number of nitrogens with zero attached hydrogens (tertiary/aromatic N) is 1. The minimum absolute atomic E-state index is 0.193. The average Bonchev–Trinajstić information content (AvgIpc) is 2.82. The molecule has 0 aliphatic carbocycles. The van der Waals surface area contributed by atoms with Gasteiger partial charge in [0.15, 0.2) is 0 Å². The van der Waals surface area contributed by atoms with Crippen molar-refractivity contribution in [3.05, 3.63) is 65.7 Å². The van der Waals surface area contributed by atoms with Crippen molar-refractivity contribution in [3.63, 3.8) is 0 Å². The number of rotatable bonds is 18. The van der Waals surface area contributed by atoms with Crippen LogP contribution in [0.15, 0.2) is 54.6 Å². The van der Waals surface area contributed by atoms with Crippen molar-refractivity contribution in [2.45, 2.75) is 97.3 Å². The Balaban J connectivity index is 1.58. The van der Waals surface area contributed by atoms with Crippen molar-refractivity contribution in [2.75, 3.05) is 20.6 Å². The summed E-state index contributed by atoms with van der Waals surface area (Å²) in [4.78, 5) is 12.2. The fourth-order valence-electron chi connectivity index (χ4n) is 4.45. The molecule has 1 atom stereocenters. The zero-order chi connectivity index (χ0) is 25.4. The van der Waals surface area contributed by atoms with Gasteiger partial charge in [0, 0.05) is 18.9 Å². The van der Waals surface area contributed by atoms with Gasteiger partial charge in [0.05, 0.1) is 20.6 Å². The lowest BCUT2D eigenvalue weighted by Crippen LogP contribution is -2.39. The number of benzene rings is 2. The quantitative estimate of drug-likeness (QED) is 0.0945. The van der Waals surface area contributed by atoms with Crippen molar-refractivity contribution >= 4 is 5.97 Å². The van der Waals surface area contributed by atoms with Crippen LogP contribution in [0, 0.1) is 0 Å². The molecule has 1 unspecified atom stereocenters. The van der Waals surface area contributed by atoms with Gasteiger partial charge in [-0.2, -0.15) is 0 Å². The third-order valence-electron chi connectivity index (χ3n) is 6.44. The Morgan fingerprint density at radius 3 is 2.14 bits per heavy atom. The van der Waals surface area contributed by atoms with Gasteiger partial charge in [-0.15, -0.1) is 0 Å². The summed E-state index contributed by atoms with van der Waals surface area (Å²) in [6, 6.07) is 18.8. The van der Waals surface area contributed by atoms with Gasteiger partial charge in [-0.1, -0.05) is 87.9 Å². The molecule has 0 N–H and O–H groups in total. The number of esters is 1. The zero-order valence-corrected chi connectivity index (χ0v) is 22.6. The minimum Gasteiger partial charge on any atom is -0.455 e. The summed E-state index contributed by atoms with van der Waals surface area (Å²) in [6.45, 7) is 6.06. The van der Waals surface area contributed by atoms with Crippen LogP contribution in [-0.2, 0) is 22.5 Å². The maximum Gasteiger partial charge on any atom is 0.308 e. The first-order valence-corrected chi connectivity index (χ1v) is 13.7. The Labute approximate surface area is 214 Å². The highest BCUT2D eigenvalue weighted by Crippen LogP contribution is 2.17. The molecule has 4 heteroatoms. The summed E-state index contributed by atoms with van der Waals surface area (Å²) < 4.78 is 12.2. The second kappa shape index (κ2) is 16.4. The summed E-state index contributed by atoms with van der Waals surface area (Å²) in [5.74, 6) is 0.551. The standard InChI is InChI=1S/C31H48NO3/c1-5-6-7-8-9-10-12-17-28-21-23-30(24-22-28)34-27(2)35-31(33)20-15-16-25-32(3,4)26-29-18-13-11-14-19-29/h11,13-14,18-19,21-24,27H,5-10,12,15-17,20,25-26H2,1-4H3/q+1. The molecule has 35 heavy (non-hydrogen) atoms. The van der Waals surface area contributed by atoms with Crippen LogP contribution < -0.4 is 4.74 Å². The average molecular weight is 483 g/mol. The predicted molar refractivity (Wildman–Crippen MR) is 145 cm³/mol. The molecule has 0 heterocycles. The van der Waals surface area contributed by atoms with Crippen LogP contribution in [0.1, 0.15) is 89.2 Å². The maximum absolute atomic E-state index is 12.2. The zero-order valence-electron chi connectivity index (χ0n) is 22.6. The third-order valence-corrected chi connectivity index (χ3v) is 6.44. The van der Waals surface area contributed by atoms with Crippen molar-refractivity contribution in [3.8, 4) is 5.75 Å². The van der Waals surface area contributed by atoms with Crippen molar-refractivity contribution < 1.29 is 18.8 Å². The number of quaternary nitrogens is 1. The van der Waals surface area contributed by atoms with E-state index in [0.717, 1.165) is 42.6 Å². The van der Waals surface area contributed by atoms with Crippen LogP contribution in [0.3, 0.4) is 0 Å². The van der Waals surface area contributed by atoms with E-state index in [1.54, 1.807) is 6.92 Å². The molecule has 0 saturated carbocycles. The number of carbonyl (C=O) groups is 1. The lowest BCUT2D eigenvalue weighted by Gasteiger charge is -2.30. The molecule has 0 radical (unpaired) electrons. The summed E-state index contributed by atoms with van der Waals surface area (Å²) >= 11 is 0. The SMILES string of the molecule is CCCCCCCCCc1ccc(OC(C)OC(=O)CCCC[N+](C)(C)Cc2ccccc2)cc1. The predicted octanol–water partition coefficient (Wildman–Crippen LogP) is 7.69. The first-order valence-electron chi connectivity index (χ1n) is 13.7. The monoisotopic (exact) mass is 482 g/mol. The van der Waals surface area contributed by atoms with Gasteiger partial charge in [0.2, 0.25) is 6.29 Å². The van der Waals surface area contributed by atoms with Crippen LogP contribution in [0.25, 0.3) is 0 Å². The molecule has 0 saturated heterocycles. The molecule has 0 aromatic heterocycles. The Morgan fingerprint density at radius 1 is 0.800 bits per heavy atom. The van der Waals surface area contributed by atoms with Crippen LogP contribution in [0.4, 0.5) is 0 Å². The molecule has 0 spiro atoms. The molecule has 4 nitrogen and oxygen atoms in total. The Morgan fingerprint density at radius 2 is 1.46 bits per heavy atom. The largest absolute Gasteiger partial charge is 0.455 e. The molecule has 2 aromatic rings. The van der Waals surface area contributed by atoms with E-state index in [2.05, 4.69) is 57.4 Å². The molecule has 0 fully saturated rings. The number of hydrogen-bond donors (Lipinski definition) is 0. The molecule has 0 aliphatic heterocycles. The second-order valence-electron chi connectivity index (χ2n) is 10.5. The lowest BCUT2D eigenvalue weighted by molar-refractivity contribution is -0.903. The lowest BCUT2D eigenvalue weighted by atomic mass is 10.0. The van der Waals surface area contributed by atoms with E-state index in [1.165, 1.54) is 56.1 Å². The highest BCUT2D eigenvalue weighted by molar-refractivity contribution is 5.69. The van der Waals surface area contributed by atoms with E-state index < -0.39 is 6.29 Å². The number of hydrogen-bond acceptors (Lipinski definition) is 3. The number of unbranched alkanes of at least 4 members (excludes halogenated alkanes) is 7. The molecule has 2 rings (SSSR count).